The van der Waals surface area contributed by atoms with Crippen LogP contribution < -0.4 is 9.47 Å². The van der Waals surface area contributed by atoms with Gasteiger partial charge in [0.2, 0.25) is 10.0 Å². The van der Waals surface area contributed by atoms with E-state index in [9.17, 15) is 13.2 Å². The van der Waals surface area contributed by atoms with Crippen LogP contribution in [0.1, 0.15) is 24.2 Å². The Bertz CT molecular complexity index is 1200. The molecule has 0 aliphatic carbocycles. The first kappa shape index (κ1) is 23.0. The van der Waals surface area contributed by atoms with E-state index in [1.807, 2.05) is 44.2 Å². The molecule has 0 spiro atoms. The van der Waals surface area contributed by atoms with E-state index < -0.39 is 16.0 Å². The second-order valence-electron chi connectivity index (χ2n) is 7.88. The van der Waals surface area contributed by atoms with E-state index in [-0.39, 0.29) is 35.8 Å². The summed E-state index contributed by atoms with van der Waals surface area (Å²) >= 11 is 0. The highest BCUT2D eigenvalue weighted by Crippen LogP contribution is 2.25. The Labute approximate surface area is 193 Å². The molecule has 3 aromatic carbocycles. The molecule has 0 unspecified atom stereocenters. The van der Waals surface area contributed by atoms with Crippen LogP contribution in [0.15, 0.2) is 83.8 Å². The lowest BCUT2D eigenvalue weighted by Crippen LogP contribution is -2.48. The van der Waals surface area contributed by atoms with Crippen LogP contribution in [0.3, 0.4) is 0 Å². The fraction of sp³-hybridized carbons (Fsp3) is 0.240. The second kappa shape index (κ2) is 9.74. The molecule has 0 N–H and O–H groups in total. The zero-order chi connectivity index (χ0) is 23.4. The first-order valence-electron chi connectivity index (χ1n) is 10.6. The Morgan fingerprint density at radius 1 is 0.848 bits per heavy atom. The number of carbonyl (C=O) groups excluding carboxylic acids is 1. The van der Waals surface area contributed by atoms with Crippen LogP contribution in [0.25, 0.3) is 0 Å². The monoisotopic (exact) mass is 467 g/mol. The van der Waals surface area contributed by atoms with Gasteiger partial charge >= 0.3 is 5.97 Å². The van der Waals surface area contributed by atoms with Crippen LogP contribution in [0.5, 0.6) is 17.2 Å². The number of esters is 1. The van der Waals surface area contributed by atoms with E-state index in [4.69, 9.17) is 14.2 Å². The van der Waals surface area contributed by atoms with Crippen molar-refractivity contribution in [2.24, 2.45) is 0 Å². The fourth-order valence-corrected chi connectivity index (χ4v) is 5.26. The smallest absolute Gasteiger partial charge is 0.343 e. The summed E-state index contributed by atoms with van der Waals surface area (Å²) < 4.78 is 44.4. The van der Waals surface area contributed by atoms with Crippen LogP contribution >= 0.6 is 0 Å². The quantitative estimate of drug-likeness (QED) is 0.392. The average molecular weight is 468 g/mol. The Morgan fingerprint density at radius 2 is 1.45 bits per heavy atom. The zero-order valence-electron chi connectivity index (χ0n) is 18.4. The summed E-state index contributed by atoms with van der Waals surface area (Å²) in [5.74, 6) is 0.976. The van der Waals surface area contributed by atoms with Crippen LogP contribution in [0.2, 0.25) is 0 Å². The first-order valence-corrected chi connectivity index (χ1v) is 12.1. The first-order chi connectivity index (χ1) is 15.8. The molecule has 0 radical (unpaired) electrons. The maximum Gasteiger partial charge on any atom is 0.343 e. The normalized spacial score (nSPS) is 19.1. The third kappa shape index (κ3) is 5.60. The summed E-state index contributed by atoms with van der Waals surface area (Å²) in [6.07, 6.45) is -0.406. The molecule has 2 atom stereocenters. The maximum absolute atomic E-state index is 13.1. The lowest BCUT2D eigenvalue weighted by Gasteiger charge is -2.34. The molecule has 1 aliphatic heterocycles. The molecule has 7 nitrogen and oxygen atoms in total. The Balaban J connectivity index is 1.45. The predicted molar refractivity (Wildman–Crippen MR) is 123 cm³/mol. The molecule has 4 rings (SSSR count). The number of morpholine rings is 1. The molecular weight excluding hydrogens is 442 g/mol. The van der Waals surface area contributed by atoms with Crippen molar-refractivity contribution in [3.8, 4) is 17.2 Å². The molecule has 3 aromatic rings. The molecule has 1 saturated heterocycles. The van der Waals surface area contributed by atoms with Crippen molar-refractivity contribution >= 4 is 16.0 Å². The number of ether oxygens (including phenoxy) is 3. The number of hydrogen-bond acceptors (Lipinski definition) is 6. The minimum Gasteiger partial charge on any atom is -0.457 e. The Hall–Kier alpha value is -3.20. The van der Waals surface area contributed by atoms with Gasteiger partial charge in [-0.05, 0) is 68.4 Å². The molecule has 0 bridgehead atoms. The van der Waals surface area contributed by atoms with E-state index in [2.05, 4.69) is 0 Å². The van der Waals surface area contributed by atoms with Crippen LogP contribution in [0.4, 0.5) is 0 Å². The molecule has 8 heteroatoms. The van der Waals surface area contributed by atoms with Crippen molar-refractivity contribution in [1.82, 2.24) is 4.31 Å². The summed E-state index contributed by atoms with van der Waals surface area (Å²) in [5, 5.41) is 0. The van der Waals surface area contributed by atoms with Gasteiger partial charge in [-0.1, -0.05) is 24.3 Å². The van der Waals surface area contributed by atoms with Gasteiger partial charge in [0.05, 0.1) is 22.7 Å². The number of nitrogens with zero attached hydrogens (tertiary/aromatic N) is 1. The molecule has 1 fully saturated rings. The van der Waals surface area contributed by atoms with Gasteiger partial charge in [0, 0.05) is 13.1 Å². The van der Waals surface area contributed by atoms with Crippen LogP contribution in [-0.2, 0) is 14.8 Å². The second-order valence-corrected chi connectivity index (χ2v) is 9.82. The summed E-state index contributed by atoms with van der Waals surface area (Å²) in [6, 6.07) is 21.8. The molecule has 0 aromatic heterocycles. The van der Waals surface area contributed by atoms with Crippen LogP contribution in [0, 0.1) is 0 Å². The Kier molecular flexibility index (Phi) is 6.78. The molecule has 1 heterocycles. The van der Waals surface area contributed by atoms with Crippen LogP contribution in [-0.4, -0.2) is 44.0 Å². The largest absolute Gasteiger partial charge is 0.457 e. The number of rotatable bonds is 6. The van der Waals surface area contributed by atoms with Gasteiger partial charge in [-0.15, -0.1) is 0 Å². The molecule has 0 amide bonds. The number of hydrogen-bond donors (Lipinski definition) is 0. The Morgan fingerprint density at radius 3 is 2.12 bits per heavy atom. The van der Waals surface area contributed by atoms with E-state index in [1.54, 1.807) is 24.3 Å². The number of para-hydroxylation sites is 1. The summed E-state index contributed by atoms with van der Waals surface area (Å²) in [6.45, 7) is 4.20. The predicted octanol–water partition coefficient (Wildman–Crippen LogP) is 4.50. The average Bonchev–Trinajstić information content (AvgIpc) is 2.80. The van der Waals surface area contributed by atoms with E-state index in [0.29, 0.717) is 17.2 Å². The van der Waals surface area contributed by atoms with E-state index >= 15 is 0 Å². The third-order valence-corrected chi connectivity index (χ3v) is 6.93. The third-order valence-electron chi connectivity index (χ3n) is 5.11. The molecule has 0 saturated carbocycles. The lowest BCUT2D eigenvalue weighted by molar-refractivity contribution is -0.0440. The SMILES string of the molecule is C[C@H]1CN(S(=O)(=O)c2cccc(C(=O)Oc3ccc(Oc4ccccc4)cc3)c2)C[C@H](C)O1. The molecule has 33 heavy (non-hydrogen) atoms. The van der Waals surface area contributed by atoms with Gasteiger partial charge in [-0.2, -0.15) is 4.31 Å². The zero-order valence-corrected chi connectivity index (χ0v) is 19.2. The van der Waals surface area contributed by atoms with Crippen molar-refractivity contribution in [3.63, 3.8) is 0 Å². The number of benzene rings is 3. The van der Waals surface area contributed by atoms with Gasteiger partial charge in [-0.25, -0.2) is 13.2 Å². The minimum atomic E-state index is -3.76. The van der Waals surface area contributed by atoms with Gasteiger partial charge in [0.1, 0.15) is 17.2 Å². The number of carbonyl (C=O) groups is 1. The molecular formula is C25H25NO6S. The van der Waals surface area contributed by atoms with Crippen molar-refractivity contribution in [2.75, 3.05) is 13.1 Å². The fourth-order valence-electron chi connectivity index (χ4n) is 3.63. The summed E-state index contributed by atoms with van der Waals surface area (Å²) in [4.78, 5) is 12.7. The van der Waals surface area contributed by atoms with Gasteiger partial charge < -0.3 is 14.2 Å². The summed E-state index contributed by atoms with van der Waals surface area (Å²) in [5.41, 5.74) is 0.148. The standard InChI is InChI=1S/C25H25NO6S/c1-18-16-26(17-19(2)30-18)33(28,29)24-10-6-7-20(15-24)25(27)32-23-13-11-22(12-14-23)31-21-8-4-3-5-9-21/h3-15,18-19H,16-17H2,1-2H3/t18-,19-/m0/s1. The molecule has 172 valence electrons. The van der Waals surface area contributed by atoms with Crippen molar-refractivity contribution < 1.29 is 27.4 Å². The lowest BCUT2D eigenvalue weighted by atomic mass is 10.2. The summed E-state index contributed by atoms with van der Waals surface area (Å²) in [7, 11) is -3.76. The van der Waals surface area contributed by atoms with E-state index in [0.717, 1.165) is 0 Å². The van der Waals surface area contributed by atoms with E-state index in [1.165, 1.54) is 28.6 Å². The van der Waals surface area contributed by atoms with Crippen molar-refractivity contribution in [1.29, 1.82) is 0 Å². The van der Waals surface area contributed by atoms with Gasteiger partial charge in [0.25, 0.3) is 0 Å². The highest BCUT2D eigenvalue weighted by molar-refractivity contribution is 7.89. The van der Waals surface area contributed by atoms with Crippen molar-refractivity contribution in [2.45, 2.75) is 31.0 Å². The highest BCUT2D eigenvalue weighted by Gasteiger charge is 2.32. The molecule has 1 aliphatic rings. The van der Waals surface area contributed by atoms with Gasteiger partial charge in [0.15, 0.2) is 0 Å². The topological polar surface area (TPSA) is 82.1 Å². The number of sulfonamides is 1. The minimum absolute atomic E-state index is 0.0462. The maximum atomic E-state index is 13.1. The highest BCUT2D eigenvalue weighted by atomic mass is 32.2. The van der Waals surface area contributed by atoms with Crippen molar-refractivity contribution in [3.05, 3.63) is 84.4 Å². The van der Waals surface area contributed by atoms with Gasteiger partial charge in [-0.3, -0.25) is 0 Å².